The molecule has 2 aliphatic rings. The number of carbonyl (C=O) groups excluding carboxylic acids is 2. The summed E-state index contributed by atoms with van der Waals surface area (Å²) in [5.74, 6) is 1.21. The Morgan fingerprint density at radius 1 is 1.03 bits per heavy atom. The van der Waals surface area contributed by atoms with E-state index in [1.807, 2.05) is 47.4 Å². The summed E-state index contributed by atoms with van der Waals surface area (Å²) in [5.41, 5.74) is 2.69. The summed E-state index contributed by atoms with van der Waals surface area (Å²) in [4.78, 5) is 31.4. The molecule has 6 rings (SSSR count). The van der Waals surface area contributed by atoms with E-state index in [0.717, 1.165) is 41.2 Å². The van der Waals surface area contributed by atoms with Crippen molar-refractivity contribution < 1.29 is 18.7 Å². The van der Waals surface area contributed by atoms with Gasteiger partial charge in [-0.05, 0) is 54.6 Å². The number of aromatic nitrogens is 1. The lowest BCUT2D eigenvalue weighted by Crippen LogP contribution is -2.56. The van der Waals surface area contributed by atoms with Gasteiger partial charge in [-0.3, -0.25) is 19.5 Å². The summed E-state index contributed by atoms with van der Waals surface area (Å²) in [6.45, 7) is 1.63. The van der Waals surface area contributed by atoms with Crippen LogP contribution in [-0.2, 0) is 12.1 Å². The van der Waals surface area contributed by atoms with E-state index in [0.29, 0.717) is 12.0 Å². The van der Waals surface area contributed by atoms with Crippen LogP contribution in [0.4, 0.5) is 0 Å². The number of likely N-dealkylation sites (N-methyl/N-ethyl adjacent to an activating group) is 1. The van der Waals surface area contributed by atoms with E-state index in [2.05, 4.69) is 23.0 Å². The van der Waals surface area contributed by atoms with Crippen molar-refractivity contribution in [3.63, 3.8) is 0 Å². The number of carbonyl (C=O) groups is 2. The smallest absolute Gasteiger partial charge is 0.290 e. The molecule has 1 fully saturated rings. The number of hydrogen-bond acceptors (Lipinski definition) is 6. The summed E-state index contributed by atoms with van der Waals surface area (Å²) in [5, 5.41) is 0.717. The van der Waals surface area contributed by atoms with Gasteiger partial charge in [0.15, 0.2) is 12.0 Å². The fourth-order valence-electron chi connectivity index (χ4n) is 4.79. The quantitative estimate of drug-likeness (QED) is 0.348. The van der Waals surface area contributed by atoms with E-state index in [1.54, 1.807) is 36.7 Å². The second-order valence-corrected chi connectivity index (χ2v) is 9.04. The largest absolute Gasteiger partial charge is 0.424 e. The molecule has 36 heavy (non-hydrogen) atoms. The Bertz CT molecular complexity index is 1370. The Hall–Kier alpha value is -3.94. The number of benzene rings is 2. The van der Waals surface area contributed by atoms with E-state index in [9.17, 15) is 9.59 Å². The predicted octanol–water partition coefficient (Wildman–Crippen LogP) is 5.42. The standard InChI is InChI=1S/C18H17ClN2O.C10H7NO3/c1-20-10-11-21-17(22)16-5-3-2-4-13(16)12-18(20,21)14-6-8-15(19)9-7-14;12-7-9-3-4-10(14-9)13-8-2-1-5-11-6-8/h2-9H,10-12H2,1H3;1-7H. The number of halogens is 1. The van der Waals surface area contributed by atoms with Gasteiger partial charge in [0.2, 0.25) is 0 Å². The Morgan fingerprint density at radius 3 is 2.56 bits per heavy atom. The summed E-state index contributed by atoms with van der Waals surface area (Å²) in [6, 6.07) is 22.4. The highest BCUT2D eigenvalue weighted by atomic mass is 35.5. The van der Waals surface area contributed by atoms with Crippen molar-refractivity contribution >= 4 is 23.8 Å². The fraction of sp³-hybridized carbons (Fsp3) is 0.179. The summed E-state index contributed by atoms with van der Waals surface area (Å²) in [6.07, 6.45) is 4.64. The SMILES string of the molecule is CN1CCN2C(=O)c3ccccc3CC12c1ccc(Cl)cc1.O=Cc1ccc(Oc2cccnc2)o1. The highest BCUT2D eigenvalue weighted by Gasteiger charge is 2.52. The van der Waals surface area contributed by atoms with Crippen molar-refractivity contribution in [2.24, 2.45) is 0 Å². The van der Waals surface area contributed by atoms with Crippen LogP contribution >= 0.6 is 11.6 Å². The van der Waals surface area contributed by atoms with Gasteiger partial charge in [-0.2, -0.15) is 0 Å². The Morgan fingerprint density at radius 2 is 1.83 bits per heavy atom. The summed E-state index contributed by atoms with van der Waals surface area (Å²) >= 11 is 6.04. The van der Waals surface area contributed by atoms with Gasteiger partial charge < -0.3 is 14.1 Å². The summed E-state index contributed by atoms with van der Waals surface area (Å²) < 4.78 is 10.3. The van der Waals surface area contributed by atoms with Crippen LogP contribution in [0, 0.1) is 0 Å². The monoisotopic (exact) mass is 501 g/mol. The third-order valence-electron chi connectivity index (χ3n) is 6.54. The molecule has 0 aliphatic carbocycles. The molecule has 2 aromatic heterocycles. The average Bonchev–Trinajstić information content (AvgIpc) is 3.50. The molecule has 2 aromatic carbocycles. The lowest BCUT2D eigenvalue weighted by molar-refractivity contribution is 0.0155. The second-order valence-electron chi connectivity index (χ2n) is 8.60. The number of aldehydes is 1. The van der Waals surface area contributed by atoms with E-state index in [-0.39, 0.29) is 17.6 Å². The number of nitrogens with zero attached hydrogens (tertiary/aromatic N) is 3. The molecule has 0 N–H and O–H groups in total. The maximum atomic E-state index is 13.0. The van der Waals surface area contributed by atoms with Crippen LogP contribution in [0.5, 0.6) is 11.7 Å². The molecule has 4 aromatic rings. The lowest BCUT2D eigenvalue weighted by atomic mass is 9.84. The zero-order valence-corrected chi connectivity index (χ0v) is 20.4. The van der Waals surface area contributed by atoms with Crippen molar-refractivity contribution in [2.45, 2.75) is 12.1 Å². The molecule has 1 saturated heterocycles. The van der Waals surface area contributed by atoms with E-state index >= 15 is 0 Å². The minimum absolute atomic E-state index is 0.126. The van der Waals surface area contributed by atoms with Crippen LogP contribution in [0.25, 0.3) is 0 Å². The van der Waals surface area contributed by atoms with Gasteiger partial charge in [0.25, 0.3) is 11.9 Å². The van der Waals surface area contributed by atoms with Crippen LogP contribution < -0.4 is 4.74 Å². The van der Waals surface area contributed by atoms with Gasteiger partial charge in [0.1, 0.15) is 11.4 Å². The van der Waals surface area contributed by atoms with Crippen molar-refractivity contribution in [3.05, 3.63) is 113 Å². The van der Waals surface area contributed by atoms with Gasteiger partial charge in [0, 0.05) is 42.4 Å². The fourth-order valence-corrected chi connectivity index (χ4v) is 4.92. The van der Waals surface area contributed by atoms with E-state index in [1.165, 1.54) is 0 Å². The highest BCUT2D eigenvalue weighted by Crippen LogP contribution is 2.44. The molecule has 0 saturated carbocycles. The van der Waals surface area contributed by atoms with Gasteiger partial charge in [-0.25, -0.2) is 0 Å². The highest BCUT2D eigenvalue weighted by molar-refractivity contribution is 6.30. The first-order valence-electron chi connectivity index (χ1n) is 11.5. The molecule has 182 valence electrons. The first kappa shape index (κ1) is 23.8. The molecule has 1 amide bonds. The molecule has 0 bridgehead atoms. The van der Waals surface area contributed by atoms with E-state index < -0.39 is 5.66 Å². The van der Waals surface area contributed by atoms with Crippen molar-refractivity contribution in [1.29, 1.82) is 0 Å². The molecule has 1 unspecified atom stereocenters. The first-order valence-corrected chi connectivity index (χ1v) is 11.9. The van der Waals surface area contributed by atoms with Crippen molar-refractivity contribution in [3.8, 4) is 11.7 Å². The number of furan rings is 1. The van der Waals surface area contributed by atoms with Gasteiger partial charge >= 0.3 is 0 Å². The topological polar surface area (TPSA) is 75.9 Å². The number of pyridine rings is 1. The zero-order valence-electron chi connectivity index (χ0n) is 19.6. The first-order chi connectivity index (χ1) is 17.5. The number of rotatable bonds is 4. The normalized spacial score (nSPS) is 18.6. The van der Waals surface area contributed by atoms with Crippen LogP contribution in [-0.4, -0.2) is 47.1 Å². The predicted molar refractivity (Wildman–Crippen MR) is 135 cm³/mol. The van der Waals surface area contributed by atoms with Gasteiger partial charge in [-0.1, -0.05) is 41.9 Å². The third kappa shape index (κ3) is 4.39. The van der Waals surface area contributed by atoms with Gasteiger partial charge in [-0.15, -0.1) is 0 Å². The average molecular weight is 502 g/mol. The maximum Gasteiger partial charge on any atom is 0.290 e. The molecule has 0 spiro atoms. The number of ether oxygens (including phenoxy) is 1. The Kier molecular flexibility index (Phi) is 6.59. The minimum Gasteiger partial charge on any atom is -0.424 e. The second kappa shape index (κ2) is 9.97. The molecule has 7 nitrogen and oxygen atoms in total. The van der Waals surface area contributed by atoms with Crippen LogP contribution in [0.15, 0.2) is 89.6 Å². The van der Waals surface area contributed by atoms with E-state index in [4.69, 9.17) is 20.8 Å². The number of hydrogen-bond donors (Lipinski definition) is 0. The molecule has 2 aliphatic heterocycles. The molecular weight excluding hydrogens is 478 g/mol. The maximum absolute atomic E-state index is 13.0. The van der Waals surface area contributed by atoms with Gasteiger partial charge in [0.05, 0.1) is 6.20 Å². The minimum atomic E-state index is -0.393. The van der Waals surface area contributed by atoms with Crippen LogP contribution in [0.1, 0.15) is 32.0 Å². The molecule has 0 radical (unpaired) electrons. The Balaban J connectivity index is 0.000000165. The molecule has 4 heterocycles. The van der Waals surface area contributed by atoms with Crippen molar-refractivity contribution in [2.75, 3.05) is 20.1 Å². The molecule has 8 heteroatoms. The van der Waals surface area contributed by atoms with Crippen molar-refractivity contribution in [1.82, 2.24) is 14.8 Å². The number of fused-ring (bicyclic) bond motifs is 2. The Labute approximate surface area is 213 Å². The summed E-state index contributed by atoms with van der Waals surface area (Å²) in [7, 11) is 2.09. The van der Waals surface area contributed by atoms with Crippen LogP contribution in [0.2, 0.25) is 5.02 Å². The molecular formula is C28H24ClN3O4. The zero-order chi connectivity index (χ0) is 25.1. The third-order valence-corrected chi connectivity index (χ3v) is 6.80. The lowest BCUT2D eigenvalue weighted by Gasteiger charge is -2.46. The van der Waals surface area contributed by atoms with Crippen LogP contribution in [0.3, 0.4) is 0 Å². The molecule has 1 atom stereocenters. The number of amides is 1.